The molecule has 4 aromatic rings. The first-order valence-corrected chi connectivity index (χ1v) is 10.2. The first-order valence-electron chi connectivity index (χ1n) is 10.2. The van der Waals surface area contributed by atoms with Crippen molar-refractivity contribution in [3.63, 3.8) is 0 Å². The van der Waals surface area contributed by atoms with E-state index in [1.165, 1.54) is 41.5 Å². The maximum absolute atomic E-state index is 5.87. The molecule has 0 radical (unpaired) electrons. The van der Waals surface area contributed by atoms with Gasteiger partial charge < -0.3 is 16.0 Å². The van der Waals surface area contributed by atoms with Crippen LogP contribution in [0.1, 0.15) is 42.3 Å². The molecular weight excluding hydrogens is 348 g/mol. The molecule has 3 heterocycles. The van der Waals surface area contributed by atoms with Crippen LogP contribution in [0.15, 0.2) is 36.5 Å². The molecule has 5 unspecified atom stereocenters. The second kappa shape index (κ2) is 5.07. The van der Waals surface area contributed by atoms with Crippen LogP contribution in [0.3, 0.4) is 0 Å². The van der Waals surface area contributed by atoms with E-state index in [1.807, 2.05) is 6.20 Å². The van der Waals surface area contributed by atoms with Crippen LogP contribution in [-0.2, 0) is 0 Å². The van der Waals surface area contributed by atoms with Gasteiger partial charge in [-0.25, -0.2) is 4.98 Å². The van der Waals surface area contributed by atoms with Crippen molar-refractivity contribution in [2.45, 2.75) is 31.2 Å². The summed E-state index contributed by atoms with van der Waals surface area (Å²) in [5.74, 6) is 3.32. The van der Waals surface area contributed by atoms with Gasteiger partial charge in [0.1, 0.15) is 0 Å². The number of aromatic nitrogens is 4. The van der Waals surface area contributed by atoms with Crippen LogP contribution >= 0.6 is 0 Å². The van der Waals surface area contributed by atoms with Gasteiger partial charge in [0.15, 0.2) is 5.95 Å². The topological polar surface area (TPSA) is 95.4 Å². The minimum absolute atomic E-state index is 0.325. The highest BCUT2D eigenvalue weighted by atomic mass is 15.1. The van der Waals surface area contributed by atoms with Crippen molar-refractivity contribution in [1.82, 2.24) is 20.2 Å². The zero-order valence-corrected chi connectivity index (χ0v) is 15.4. The lowest BCUT2D eigenvalue weighted by Gasteiger charge is -2.43. The zero-order valence-electron chi connectivity index (χ0n) is 15.4. The molecule has 6 nitrogen and oxygen atoms in total. The molecule has 2 saturated carbocycles. The number of H-pyrrole nitrogens is 2. The average molecular weight is 370 g/mol. The Morgan fingerprint density at radius 2 is 1.96 bits per heavy atom. The molecule has 5 N–H and O–H groups in total. The molecule has 0 spiro atoms. The number of imidazole rings is 1. The smallest absolute Gasteiger partial charge is 0.198 e. The van der Waals surface area contributed by atoms with Gasteiger partial charge in [-0.2, -0.15) is 5.10 Å². The third kappa shape index (κ3) is 1.83. The van der Waals surface area contributed by atoms with Gasteiger partial charge in [-0.1, -0.05) is 6.07 Å². The molecule has 5 atom stereocenters. The van der Waals surface area contributed by atoms with E-state index in [2.05, 4.69) is 55.8 Å². The normalized spacial score (nSPS) is 30.5. The fourth-order valence-electron chi connectivity index (χ4n) is 6.58. The molecule has 2 aromatic heterocycles. The molecule has 2 aromatic carbocycles. The van der Waals surface area contributed by atoms with Gasteiger partial charge in [0.25, 0.3) is 0 Å². The molecule has 28 heavy (non-hydrogen) atoms. The van der Waals surface area contributed by atoms with Crippen LogP contribution in [0.5, 0.6) is 0 Å². The first kappa shape index (κ1) is 15.0. The molecule has 3 aliphatic rings. The van der Waals surface area contributed by atoms with Crippen molar-refractivity contribution in [2.24, 2.45) is 17.8 Å². The summed E-state index contributed by atoms with van der Waals surface area (Å²) in [6.45, 7) is 0. The zero-order chi connectivity index (χ0) is 18.4. The van der Waals surface area contributed by atoms with Crippen molar-refractivity contribution in [2.75, 3.05) is 11.1 Å². The van der Waals surface area contributed by atoms with Crippen molar-refractivity contribution < 1.29 is 0 Å². The van der Waals surface area contributed by atoms with E-state index in [9.17, 15) is 0 Å². The Morgan fingerprint density at radius 3 is 2.93 bits per heavy atom. The highest BCUT2D eigenvalue weighted by molar-refractivity contribution is 5.89. The van der Waals surface area contributed by atoms with Gasteiger partial charge in [0.2, 0.25) is 0 Å². The first-order chi connectivity index (χ1) is 13.8. The maximum atomic E-state index is 5.87. The molecular formula is C22H22N6. The van der Waals surface area contributed by atoms with Gasteiger partial charge in [0, 0.05) is 11.1 Å². The summed E-state index contributed by atoms with van der Waals surface area (Å²) in [6.07, 6.45) is 6.10. The van der Waals surface area contributed by atoms with Crippen molar-refractivity contribution in [1.29, 1.82) is 0 Å². The lowest BCUT2D eigenvalue weighted by molar-refractivity contribution is 0.249. The quantitative estimate of drug-likeness (QED) is 0.401. The average Bonchev–Trinajstić information content (AvgIpc) is 3.48. The van der Waals surface area contributed by atoms with Crippen LogP contribution in [0.4, 0.5) is 11.6 Å². The molecule has 140 valence electrons. The summed E-state index contributed by atoms with van der Waals surface area (Å²) in [5, 5.41) is 12.7. The Hall–Kier alpha value is -3.02. The van der Waals surface area contributed by atoms with Crippen LogP contribution < -0.4 is 11.1 Å². The van der Waals surface area contributed by atoms with E-state index in [4.69, 9.17) is 5.73 Å². The number of anilines is 2. The van der Waals surface area contributed by atoms with E-state index in [1.54, 1.807) is 0 Å². The predicted molar refractivity (Wildman–Crippen MR) is 110 cm³/mol. The number of nitrogens with zero attached hydrogens (tertiary/aromatic N) is 2. The Morgan fingerprint density at radius 1 is 1.04 bits per heavy atom. The van der Waals surface area contributed by atoms with E-state index < -0.39 is 0 Å². The van der Waals surface area contributed by atoms with E-state index in [0.29, 0.717) is 23.8 Å². The summed E-state index contributed by atoms with van der Waals surface area (Å²) in [6, 6.07) is 11.3. The monoisotopic (exact) mass is 370 g/mol. The fourth-order valence-corrected chi connectivity index (χ4v) is 6.58. The predicted octanol–water partition coefficient (Wildman–Crippen LogP) is 4.32. The molecule has 2 fully saturated rings. The Kier molecular flexibility index (Phi) is 2.71. The van der Waals surface area contributed by atoms with Gasteiger partial charge in [0.05, 0.1) is 28.8 Å². The summed E-state index contributed by atoms with van der Waals surface area (Å²) >= 11 is 0. The number of nitrogens with two attached hydrogens (primary N) is 1. The minimum Gasteiger partial charge on any atom is -0.378 e. The van der Waals surface area contributed by atoms with Crippen LogP contribution in [0, 0.1) is 17.8 Å². The standard InChI is InChI=1S/C22H22N6/c23-22-26-15-4-3-12(8-17(15)27-22)21-19-11-2-1-10(7-11)18(19)20-13-9-24-28-14(13)5-6-16(20)25-21/h3-6,8-11,18-19,21,25H,1-2,7H2,(H,24,28)(H3,23,26,27). The van der Waals surface area contributed by atoms with Gasteiger partial charge in [-0.3, -0.25) is 5.10 Å². The largest absolute Gasteiger partial charge is 0.378 e. The highest BCUT2D eigenvalue weighted by Gasteiger charge is 2.54. The molecule has 1 aliphatic heterocycles. The summed E-state index contributed by atoms with van der Waals surface area (Å²) in [4.78, 5) is 7.56. The fraction of sp³-hybridized carbons (Fsp3) is 0.364. The number of hydrogen-bond acceptors (Lipinski definition) is 4. The lowest BCUT2D eigenvalue weighted by Crippen LogP contribution is -2.35. The number of hydrogen-bond donors (Lipinski definition) is 4. The number of nitrogen functional groups attached to an aromatic ring is 1. The van der Waals surface area contributed by atoms with Crippen LogP contribution in [0.25, 0.3) is 21.9 Å². The van der Waals surface area contributed by atoms with Gasteiger partial charge in [-0.05, 0) is 78.3 Å². The van der Waals surface area contributed by atoms with E-state index >= 15 is 0 Å². The number of benzene rings is 2. The lowest BCUT2D eigenvalue weighted by atomic mass is 9.67. The number of rotatable bonds is 1. The number of aromatic amines is 2. The number of nitrogens with one attached hydrogen (secondary N) is 3. The highest BCUT2D eigenvalue weighted by Crippen LogP contribution is 2.64. The second-order valence-electron chi connectivity index (χ2n) is 8.82. The van der Waals surface area contributed by atoms with Crippen LogP contribution in [-0.4, -0.2) is 20.2 Å². The second-order valence-corrected chi connectivity index (χ2v) is 8.82. The molecule has 7 rings (SSSR count). The summed E-state index contributed by atoms with van der Waals surface area (Å²) < 4.78 is 0. The summed E-state index contributed by atoms with van der Waals surface area (Å²) in [5.41, 5.74) is 13.1. The van der Waals surface area contributed by atoms with Crippen molar-refractivity contribution in [3.05, 3.63) is 47.7 Å². The SMILES string of the molecule is Nc1nc2ccc(C3Nc4ccc5[nH]ncc5c4C4C5CCC(C5)C34)cc2[nH]1. The molecule has 6 heteroatoms. The third-order valence-corrected chi connectivity index (χ3v) is 7.56. The molecule has 0 saturated heterocycles. The maximum Gasteiger partial charge on any atom is 0.198 e. The Labute approximate surface area is 161 Å². The molecule has 0 amide bonds. The minimum atomic E-state index is 0.325. The third-order valence-electron chi connectivity index (χ3n) is 7.56. The van der Waals surface area contributed by atoms with E-state index in [-0.39, 0.29) is 0 Å². The summed E-state index contributed by atoms with van der Waals surface area (Å²) in [7, 11) is 0. The molecule has 2 aliphatic carbocycles. The molecule has 2 bridgehead atoms. The van der Waals surface area contributed by atoms with Gasteiger partial charge >= 0.3 is 0 Å². The van der Waals surface area contributed by atoms with Gasteiger partial charge in [-0.15, -0.1) is 0 Å². The Bertz CT molecular complexity index is 1240. The number of fused-ring (bicyclic) bond motifs is 10. The van der Waals surface area contributed by atoms with Crippen molar-refractivity contribution in [3.8, 4) is 0 Å². The van der Waals surface area contributed by atoms with E-state index in [0.717, 1.165) is 28.4 Å². The Balaban J connectivity index is 1.43. The van der Waals surface area contributed by atoms with Crippen LogP contribution in [0.2, 0.25) is 0 Å². The van der Waals surface area contributed by atoms with Crippen molar-refractivity contribution >= 4 is 33.6 Å².